The number of non-ortho nitro benzene ring substituents is 1. The summed E-state index contributed by atoms with van der Waals surface area (Å²) in [6, 6.07) is 11.8. The zero-order chi connectivity index (χ0) is 18.2. The lowest BCUT2D eigenvalue weighted by Crippen LogP contribution is -2.44. The maximum atomic E-state index is 13.5. The summed E-state index contributed by atoms with van der Waals surface area (Å²) in [6.07, 6.45) is 0. The van der Waals surface area contributed by atoms with Gasteiger partial charge in [-0.15, -0.1) is 11.8 Å². The summed E-state index contributed by atoms with van der Waals surface area (Å²) < 4.78 is 13.5. The first kappa shape index (κ1) is 18.6. The van der Waals surface area contributed by atoms with Crippen molar-refractivity contribution in [1.29, 1.82) is 0 Å². The van der Waals surface area contributed by atoms with Crippen molar-refractivity contribution in [2.45, 2.75) is 4.90 Å². The fourth-order valence-electron chi connectivity index (χ4n) is 1.69. The highest BCUT2D eigenvalue weighted by Crippen LogP contribution is 2.20. The van der Waals surface area contributed by atoms with Gasteiger partial charge in [-0.2, -0.15) is 0 Å². The minimum atomic E-state index is -0.491. The van der Waals surface area contributed by atoms with E-state index in [-0.39, 0.29) is 28.1 Å². The molecule has 0 saturated heterocycles. The van der Waals surface area contributed by atoms with Gasteiger partial charge in [-0.1, -0.05) is 12.1 Å². The molecule has 0 heterocycles. The third-order valence-corrected chi connectivity index (χ3v) is 4.07. The average Bonchev–Trinajstić information content (AvgIpc) is 2.60. The highest BCUT2D eigenvalue weighted by molar-refractivity contribution is 8.00. The number of para-hydroxylation sites is 1. The van der Waals surface area contributed by atoms with Gasteiger partial charge in [-0.25, -0.2) is 4.39 Å². The molecule has 7 nitrogen and oxygen atoms in total. The Morgan fingerprint density at radius 3 is 2.48 bits per heavy atom. The summed E-state index contributed by atoms with van der Waals surface area (Å²) >= 11 is 6.16. The number of anilines is 1. The SMILES string of the molecule is O=C(CSc1ccc([N+](=O)[O-])cc1)NNC(=S)Nc1ccccc1F. The number of nitrogens with zero attached hydrogens (tertiary/aromatic N) is 1. The van der Waals surface area contributed by atoms with Crippen molar-refractivity contribution in [3.8, 4) is 0 Å². The van der Waals surface area contributed by atoms with Gasteiger partial charge in [0.25, 0.3) is 5.69 Å². The lowest BCUT2D eigenvalue weighted by Gasteiger charge is -2.12. The van der Waals surface area contributed by atoms with Crippen LogP contribution < -0.4 is 16.2 Å². The number of rotatable bonds is 5. The first-order chi connectivity index (χ1) is 12.0. The van der Waals surface area contributed by atoms with Crippen molar-refractivity contribution >= 4 is 46.4 Å². The molecule has 0 aliphatic heterocycles. The van der Waals surface area contributed by atoms with Crippen LogP contribution in [-0.4, -0.2) is 21.7 Å². The normalized spacial score (nSPS) is 9.96. The molecule has 0 unspecified atom stereocenters. The van der Waals surface area contributed by atoms with Crippen LogP contribution in [0.5, 0.6) is 0 Å². The molecule has 2 rings (SSSR count). The summed E-state index contributed by atoms with van der Waals surface area (Å²) in [7, 11) is 0. The van der Waals surface area contributed by atoms with Crippen molar-refractivity contribution in [2.24, 2.45) is 0 Å². The number of benzene rings is 2. The standard InChI is InChI=1S/C15H13FN4O3S2/c16-12-3-1-2-4-13(12)17-15(24)19-18-14(21)9-25-11-7-5-10(6-8-11)20(22)23/h1-8H,9H2,(H,18,21)(H2,17,19,24). The lowest BCUT2D eigenvalue weighted by molar-refractivity contribution is -0.384. The number of hydrogen-bond acceptors (Lipinski definition) is 5. The van der Waals surface area contributed by atoms with E-state index in [9.17, 15) is 19.3 Å². The van der Waals surface area contributed by atoms with Crippen molar-refractivity contribution in [3.63, 3.8) is 0 Å². The number of hydrazine groups is 1. The van der Waals surface area contributed by atoms with Crippen LogP contribution in [0.2, 0.25) is 0 Å². The van der Waals surface area contributed by atoms with Gasteiger partial charge in [-0.05, 0) is 36.5 Å². The van der Waals surface area contributed by atoms with Crippen LogP contribution in [0.3, 0.4) is 0 Å². The molecule has 2 aromatic rings. The molecule has 3 N–H and O–H groups in total. The van der Waals surface area contributed by atoms with E-state index in [4.69, 9.17) is 12.2 Å². The number of amides is 1. The van der Waals surface area contributed by atoms with Crippen LogP contribution in [-0.2, 0) is 4.79 Å². The van der Waals surface area contributed by atoms with E-state index in [1.165, 1.54) is 36.0 Å². The third-order valence-electron chi connectivity index (χ3n) is 2.85. The van der Waals surface area contributed by atoms with Gasteiger partial charge in [0.05, 0.1) is 16.4 Å². The molecule has 0 aliphatic rings. The Bertz CT molecular complexity index is 787. The van der Waals surface area contributed by atoms with Gasteiger partial charge in [0.2, 0.25) is 5.91 Å². The van der Waals surface area contributed by atoms with Crippen LogP contribution in [0.25, 0.3) is 0 Å². The van der Waals surface area contributed by atoms with E-state index >= 15 is 0 Å². The van der Waals surface area contributed by atoms with Crippen LogP contribution in [0.4, 0.5) is 15.8 Å². The van der Waals surface area contributed by atoms with Crippen LogP contribution >= 0.6 is 24.0 Å². The summed E-state index contributed by atoms with van der Waals surface area (Å²) in [4.78, 5) is 22.5. The second kappa shape index (κ2) is 8.94. The predicted octanol–water partition coefficient (Wildman–Crippen LogP) is 2.84. The van der Waals surface area contributed by atoms with Gasteiger partial charge in [0.1, 0.15) is 5.82 Å². The lowest BCUT2D eigenvalue weighted by atomic mass is 10.3. The molecule has 10 heteroatoms. The van der Waals surface area contributed by atoms with Crippen molar-refractivity contribution < 1.29 is 14.1 Å². The molecule has 25 heavy (non-hydrogen) atoms. The van der Waals surface area contributed by atoms with Crippen molar-refractivity contribution in [1.82, 2.24) is 10.9 Å². The smallest absolute Gasteiger partial charge is 0.269 e. The fourth-order valence-corrected chi connectivity index (χ4v) is 2.55. The topological polar surface area (TPSA) is 96.3 Å². The Labute approximate surface area is 152 Å². The second-order valence-corrected chi connectivity index (χ2v) is 6.10. The predicted molar refractivity (Wildman–Crippen MR) is 97.7 cm³/mol. The quantitative estimate of drug-likeness (QED) is 0.318. The van der Waals surface area contributed by atoms with Crippen molar-refractivity contribution in [3.05, 3.63) is 64.5 Å². The molecule has 0 aromatic heterocycles. The molecule has 0 radical (unpaired) electrons. The Morgan fingerprint density at radius 2 is 1.84 bits per heavy atom. The Kier molecular flexibility index (Phi) is 6.66. The van der Waals surface area contributed by atoms with E-state index in [0.29, 0.717) is 4.90 Å². The van der Waals surface area contributed by atoms with Crippen molar-refractivity contribution in [2.75, 3.05) is 11.1 Å². The molecular weight excluding hydrogens is 367 g/mol. The largest absolute Gasteiger partial charge is 0.329 e. The number of halogens is 1. The third kappa shape index (κ3) is 6.01. The van der Waals surface area contributed by atoms with Gasteiger partial charge in [0, 0.05) is 17.0 Å². The van der Waals surface area contributed by atoms with Crippen LogP contribution in [0.15, 0.2) is 53.4 Å². The first-order valence-corrected chi connectivity index (χ1v) is 8.32. The van der Waals surface area contributed by atoms with E-state index in [1.807, 2.05) is 0 Å². The molecule has 130 valence electrons. The van der Waals surface area contributed by atoms with Crippen LogP contribution in [0.1, 0.15) is 0 Å². The minimum absolute atomic E-state index is 0.0139. The Hall–Kier alpha value is -2.72. The summed E-state index contributed by atoms with van der Waals surface area (Å²) in [5, 5.41) is 13.2. The Balaban J connectivity index is 1.74. The van der Waals surface area contributed by atoms with E-state index in [0.717, 1.165) is 0 Å². The van der Waals surface area contributed by atoms with Gasteiger partial charge >= 0.3 is 0 Å². The molecule has 0 spiro atoms. The monoisotopic (exact) mass is 380 g/mol. The summed E-state index contributed by atoms with van der Waals surface area (Å²) in [6.45, 7) is 0. The number of nitrogens with one attached hydrogen (secondary N) is 3. The van der Waals surface area contributed by atoms with E-state index in [1.54, 1.807) is 24.3 Å². The van der Waals surface area contributed by atoms with Gasteiger partial charge < -0.3 is 5.32 Å². The molecule has 0 aliphatic carbocycles. The number of carbonyl (C=O) groups is 1. The number of nitro benzene ring substituents is 1. The molecule has 1 amide bonds. The fraction of sp³-hybridized carbons (Fsp3) is 0.0667. The highest BCUT2D eigenvalue weighted by Gasteiger charge is 2.07. The summed E-state index contributed by atoms with van der Waals surface area (Å²) in [5.74, 6) is -0.750. The molecule has 0 fully saturated rings. The van der Waals surface area contributed by atoms with E-state index < -0.39 is 10.7 Å². The maximum Gasteiger partial charge on any atom is 0.269 e. The minimum Gasteiger partial charge on any atom is -0.329 e. The number of carbonyl (C=O) groups excluding carboxylic acids is 1. The molecule has 0 bridgehead atoms. The number of nitro groups is 1. The maximum absolute atomic E-state index is 13.5. The second-order valence-electron chi connectivity index (χ2n) is 4.65. The Morgan fingerprint density at radius 1 is 1.16 bits per heavy atom. The zero-order valence-electron chi connectivity index (χ0n) is 12.7. The molecule has 0 atom stereocenters. The van der Waals surface area contributed by atoms with Gasteiger partial charge in [-0.3, -0.25) is 25.8 Å². The number of thioether (sulfide) groups is 1. The number of hydrogen-bond donors (Lipinski definition) is 3. The van der Waals surface area contributed by atoms with Gasteiger partial charge in [0.15, 0.2) is 5.11 Å². The van der Waals surface area contributed by atoms with E-state index in [2.05, 4.69) is 16.2 Å². The number of thiocarbonyl (C=S) groups is 1. The first-order valence-electron chi connectivity index (χ1n) is 6.93. The summed E-state index contributed by atoms with van der Waals surface area (Å²) in [5.41, 5.74) is 5.02. The molecule has 0 saturated carbocycles. The molecular formula is C15H13FN4O3S2. The highest BCUT2D eigenvalue weighted by atomic mass is 32.2. The van der Waals surface area contributed by atoms with Crippen LogP contribution in [0, 0.1) is 15.9 Å². The average molecular weight is 380 g/mol. The zero-order valence-corrected chi connectivity index (χ0v) is 14.3. The molecule has 2 aromatic carbocycles.